The summed E-state index contributed by atoms with van der Waals surface area (Å²) in [6, 6.07) is 9.42. The Morgan fingerprint density at radius 3 is 2.59 bits per heavy atom. The third-order valence-electron chi connectivity index (χ3n) is 4.56. The molecule has 3 rings (SSSR count). The van der Waals surface area contributed by atoms with Crippen molar-refractivity contribution in [2.24, 2.45) is 7.05 Å². The standard InChI is InChI=1S/C19H26N6O2/c1-24-13-15(12-21-24)11-20-19(27)23-17-7-9-25(10-8-17)14-18(26)22-16-5-3-2-4-6-16/h2-6,12-13,17H,7-11,14H2,1H3,(H,22,26)(H2,20,23,27). The van der Waals surface area contributed by atoms with Crippen molar-refractivity contribution in [2.45, 2.75) is 25.4 Å². The van der Waals surface area contributed by atoms with E-state index in [2.05, 4.69) is 25.9 Å². The zero-order chi connectivity index (χ0) is 19.1. The minimum absolute atomic E-state index is 0.0122. The molecule has 0 saturated carbocycles. The Hall–Kier alpha value is -2.87. The van der Waals surface area contributed by atoms with Gasteiger partial charge in [0.1, 0.15) is 0 Å². The van der Waals surface area contributed by atoms with Crippen LogP contribution in [0.15, 0.2) is 42.7 Å². The molecule has 0 radical (unpaired) electrons. The first-order valence-corrected chi connectivity index (χ1v) is 9.17. The van der Waals surface area contributed by atoms with Crippen LogP contribution in [0.25, 0.3) is 0 Å². The van der Waals surface area contributed by atoms with Crippen LogP contribution in [0.4, 0.5) is 10.5 Å². The molecule has 0 spiro atoms. The van der Waals surface area contributed by atoms with E-state index in [1.54, 1.807) is 10.9 Å². The Labute approximate surface area is 158 Å². The lowest BCUT2D eigenvalue weighted by molar-refractivity contribution is -0.117. The van der Waals surface area contributed by atoms with Crippen molar-refractivity contribution in [3.8, 4) is 0 Å². The fourth-order valence-electron chi connectivity index (χ4n) is 3.14. The van der Waals surface area contributed by atoms with Gasteiger partial charge in [-0.3, -0.25) is 14.4 Å². The van der Waals surface area contributed by atoms with Gasteiger partial charge in [0, 0.05) is 50.2 Å². The molecule has 27 heavy (non-hydrogen) atoms. The molecular weight excluding hydrogens is 344 g/mol. The fourth-order valence-corrected chi connectivity index (χ4v) is 3.14. The Kier molecular flexibility index (Phi) is 6.43. The molecule has 2 heterocycles. The molecule has 1 aliphatic rings. The summed E-state index contributed by atoms with van der Waals surface area (Å²) in [5.74, 6) is -0.0122. The third kappa shape index (κ3) is 6.10. The second kappa shape index (κ2) is 9.18. The number of rotatable bonds is 6. The molecule has 2 aromatic rings. The van der Waals surface area contributed by atoms with Gasteiger partial charge in [0.2, 0.25) is 5.91 Å². The van der Waals surface area contributed by atoms with Gasteiger partial charge < -0.3 is 16.0 Å². The van der Waals surface area contributed by atoms with Crippen LogP contribution in [0.5, 0.6) is 0 Å². The maximum atomic E-state index is 12.1. The molecular formula is C19H26N6O2. The van der Waals surface area contributed by atoms with Gasteiger partial charge in [-0.1, -0.05) is 18.2 Å². The summed E-state index contributed by atoms with van der Waals surface area (Å²) in [6.07, 6.45) is 5.27. The predicted molar refractivity (Wildman–Crippen MR) is 103 cm³/mol. The number of carbonyl (C=O) groups excluding carboxylic acids is 2. The van der Waals surface area contributed by atoms with Crippen LogP contribution in [0.2, 0.25) is 0 Å². The van der Waals surface area contributed by atoms with Crippen molar-refractivity contribution in [2.75, 3.05) is 25.0 Å². The Balaban J connectivity index is 1.33. The summed E-state index contributed by atoms with van der Waals surface area (Å²) < 4.78 is 1.71. The third-order valence-corrected chi connectivity index (χ3v) is 4.56. The number of hydrogen-bond acceptors (Lipinski definition) is 4. The highest BCUT2D eigenvalue weighted by Gasteiger charge is 2.22. The number of aryl methyl sites for hydroxylation is 1. The van der Waals surface area contributed by atoms with E-state index in [0.717, 1.165) is 37.2 Å². The Bertz CT molecular complexity index is 753. The topological polar surface area (TPSA) is 91.3 Å². The number of nitrogens with zero attached hydrogens (tertiary/aromatic N) is 3. The van der Waals surface area contributed by atoms with Crippen LogP contribution in [-0.4, -0.2) is 52.3 Å². The van der Waals surface area contributed by atoms with Gasteiger partial charge in [-0.2, -0.15) is 5.10 Å². The van der Waals surface area contributed by atoms with Crippen molar-refractivity contribution < 1.29 is 9.59 Å². The lowest BCUT2D eigenvalue weighted by Crippen LogP contribution is -2.48. The average molecular weight is 370 g/mol. The molecule has 0 unspecified atom stereocenters. The first kappa shape index (κ1) is 18.9. The lowest BCUT2D eigenvalue weighted by atomic mass is 10.1. The van der Waals surface area contributed by atoms with E-state index in [1.165, 1.54) is 0 Å². The van der Waals surface area contributed by atoms with E-state index in [1.807, 2.05) is 43.6 Å². The summed E-state index contributed by atoms with van der Waals surface area (Å²) >= 11 is 0. The van der Waals surface area contributed by atoms with E-state index in [-0.39, 0.29) is 18.0 Å². The summed E-state index contributed by atoms with van der Waals surface area (Å²) in [5, 5.41) is 12.8. The quantitative estimate of drug-likeness (QED) is 0.715. The van der Waals surface area contributed by atoms with E-state index in [0.29, 0.717) is 13.1 Å². The van der Waals surface area contributed by atoms with Gasteiger partial charge in [-0.05, 0) is 25.0 Å². The lowest BCUT2D eigenvalue weighted by Gasteiger charge is -2.31. The van der Waals surface area contributed by atoms with Crippen molar-refractivity contribution >= 4 is 17.6 Å². The number of aromatic nitrogens is 2. The first-order chi connectivity index (χ1) is 13.1. The molecule has 1 fully saturated rings. The van der Waals surface area contributed by atoms with E-state index in [4.69, 9.17) is 0 Å². The van der Waals surface area contributed by atoms with E-state index in [9.17, 15) is 9.59 Å². The highest BCUT2D eigenvalue weighted by molar-refractivity contribution is 5.92. The highest BCUT2D eigenvalue weighted by atomic mass is 16.2. The summed E-state index contributed by atoms with van der Waals surface area (Å²) in [6.45, 7) is 2.40. The SMILES string of the molecule is Cn1cc(CNC(=O)NC2CCN(CC(=O)Nc3ccccc3)CC2)cn1. The van der Waals surface area contributed by atoms with Gasteiger partial charge >= 0.3 is 6.03 Å². The molecule has 1 aromatic heterocycles. The number of carbonyl (C=O) groups is 2. The molecule has 3 amide bonds. The summed E-state index contributed by atoms with van der Waals surface area (Å²) in [5.41, 5.74) is 1.77. The van der Waals surface area contributed by atoms with Crippen molar-refractivity contribution in [1.82, 2.24) is 25.3 Å². The van der Waals surface area contributed by atoms with E-state index < -0.39 is 0 Å². The Morgan fingerprint density at radius 2 is 1.93 bits per heavy atom. The largest absolute Gasteiger partial charge is 0.335 e. The number of nitrogens with one attached hydrogen (secondary N) is 3. The smallest absolute Gasteiger partial charge is 0.315 e. The van der Waals surface area contributed by atoms with Crippen molar-refractivity contribution in [1.29, 1.82) is 0 Å². The summed E-state index contributed by atoms with van der Waals surface area (Å²) in [7, 11) is 1.84. The van der Waals surface area contributed by atoms with Crippen LogP contribution < -0.4 is 16.0 Å². The number of amides is 3. The van der Waals surface area contributed by atoms with Crippen molar-refractivity contribution in [3.63, 3.8) is 0 Å². The zero-order valence-electron chi connectivity index (χ0n) is 15.5. The predicted octanol–water partition coefficient (Wildman–Crippen LogP) is 1.32. The molecule has 0 aliphatic carbocycles. The Morgan fingerprint density at radius 1 is 1.19 bits per heavy atom. The van der Waals surface area contributed by atoms with Gasteiger partial charge in [-0.25, -0.2) is 4.79 Å². The first-order valence-electron chi connectivity index (χ1n) is 9.17. The summed E-state index contributed by atoms with van der Waals surface area (Å²) in [4.78, 5) is 26.3. The number of hydrogen-bond donors (Lipinski definition) is 3. The second-order valence-electron chi connectivity index (χ2n) is 6.81. The van der Waals surface area contributed by atoms with Crippen LogP contribution >= 0.6 is 0 Å². The minimum atomic E-state index is -0.167. The van der Waals surface area contributed by atoms with E-state index >= 15 is 0 Å². The molecule has 1 aromatic carbocycles. The van der Waals surface area contributed by atoms with Crippen LogP contribution in [0.3, 0.4) is 0 Å². The number of likely N-dealkylation sites (tertiary alicyclic amines) is 1. The molecule has 1 aliphatic heterocycles. The number of para-hydroxylation sites is 1. The average Bonchev–Trinajstić information content (AvgIpc) is 3.08. The van der Waals surface area contributed by atoms with Gasteiger partial charge in [-0.15, -0.1) is 0 Å². The number of piperidine rings is 1. The zero-order valence-corrected chi connectivity index (χ0v) is 15.5. The minimum Gasteiger partial charge on any atom is -0.335 e. The number of anilines is 1. The van der Waals surface area contributed by atoms with Gasteiger partial charge in [0.15, 0.2) is 0 Å². The van der Waals surface area contributed by atoms with Crippen molar-refractivity contribution in [3.05, 3.63) is 48.3 Å². The molecule has 0 bridgehead atoms. The second-order valence-corrected chi connectivity index (χ2v) is 6.81. The highest BCUT2D eigenvalue weighted by Crippen LogP contribution is 2.11. The molecule has 8 nitrogen and oxygen atoms in total. The maximum absolute atomic E-state index is 12.1. The normalized spacial score (nSPS) is 15.3. The molecule has 3 N–H and O–H groups in total. The molecule has 8 heteroatoms. The van der Waals surface area contributed by atoms with Crippen LogP contribution in [-0.2, 0) is 18.4 Å². The van der Waals surface area contributed by atoms with Gasteiger partial charge in [0.25, 0.3) is 0 Å². The molecule has 144 valence electrons. The van der Waals surface area contributed by atoms with Gasteiger partial charge in [0.05, 0.1) is 12.7 Å². The van der Waals surface area contributed by atoms with Crippen LogP contribution in [0.1, 0.15) is 18.4 Å². The molecule has 0 atom stereocenters. The van der Waals surface area contributed by atoms with Crippen LogP contribution in [0, 0.1) is 0 Å². The number of benzene rings is 1. The molecule has 1 saturated heterocycles. The maximum Gasteiger partial charge on any atom is 0.315 e. The number of urea groups is 1. The fraction of sp³-hybridized carbons (Fsp3) is 0.421. The monoisotopic (exact) mass is 370 g/mol.